The number of fused-ring (bicyclic) bond motifs is 1. The second kappa shape index (κ2) is 8.48. The molecule has 3 aromatic rings. The fraction of sp³-hybridized carbons (Fsp3) is 0.280. The molecular formula is C25H26O4. The Balaban J connectivity index is 1.87. The summed E-state index contributed by atoms with van der Waals surface area (Å²) in [5.74, 6) is -0.235. The Bertz CT molecular complexity index is 1020. The van der Waals surface area contributed by atoms with Gasteiger partial charge in [0.1, 0.15) is 5.75 Å². The standard InChI is InChI=1S/C25H26O4/c1-25(2,24(27)28)16-21(17-7-5-4-6-8-17)15-23(26)20-10-9-19-14-22(29-3)12-11-18(19)13-20/h4-14,21H,15-16H2,1-3H3,(H,27,28). The second-order valence-electron chi connectivity index (χ2n) is 8.06. The van der Waals surface area contributed by atoms with Gasteiger partial charge in [-0.3, -0.25) is 9.59 Å². The van der Waals surface area contributed by atoms with E-state index in [1.807, 2.05) is 66.7 Å². The van der Waals surface area contributed by atoms with Gasteiger partial charge in [0.05, 0.1) is 12.5 Å². The molecule has 0 bridgehead atoms. The summed E-state index contributed by atoms with van der Waals surface area (Å²) in [5, 5.41) is 11.5. The maximum absolute atomic E-state index is 13.1. The summed E-state index contributed by atoms with van der Waals surface area (Å²) in [5.41, 5.74) is 0.707. The first kappa shape index (κ1) is 20.6. The van der Waals surface area contributed by atoms with Gasteiger partial charge < -0.3 is 9.84 Å². The first-order valence-corrected chi connectivity index (χ1v) is 9.69. The van der Waals surface area contributed by atoms with Gasteiger partial charge >= 0.3 is 5.97 Å². The molecule has 0 fully saturated rings. The number of carbonyl (C=O) groups is 2. The Morgan fingerprint density at radius 1 is 0.966 bits per heavy atom. The zero-order chi connectivity index (χ0) is 21.0. The molecule has 0 saturated heterocycles. The van der Waals surface area contributed by atoms with Gasteiger partial charge in [0.2, 0.25) is 0 Å². The summed E-state index contributed by atoms with van der Waals surface area (Å²) in [6.45, 7) is 3.42. The maximum Gasteiger partial charge on any atom is 0.309 e. The van der Waals surface area contributed by atoms with Crippen LogP contribution in [-0.4, -0.2) is 24.0 Å². The number of methoxy groups -OCH3 is 1. The molecular weight excluding hydrogens is 364 g/mol. The molecule has 0 amide bonds. The molecule has 0 aliphatic heterocycles. The summed E-state index contributed by atoms with van der Waals surface area (Å²) < 4.78 is 5.25. The topological polar surface area (TPSA) is 63.6 Å². The third-order valence-corrected chi connectivity index (χ3v) is 5.41. The SMILES string of the molecule is COc1ccc2cc(C(=O)CC(CC(C)(C)C(=O)O)c3ccccc3)ccc2c1. The van der Waals surface area contributed by atoms with Crippen molar-refractivity contribution in [3.8, 4) is 5.75 Å². The Morgan fingerprint density at radius 3 is 2.28 bits per heavy atom. The highest BCUT2D eigenvalue weighted by Crippen LogP contribution is 2.35. The number of benzene rings is 3. The van der Waals surface area contributed by atoms with Crippen molar-refractivity contribution >= 4 is 22.5 Å². The first-order chi connectivity index (χ1) is 13.8. The molecule has 150 valence electrons. The third kappa shape index (κ3) is 4.83. The number of carboxylic acid groups (broad SMARTS) is 1. The Labute approximate surface area is 171 Å². The quantitative estimate of drug-likeness (QED) is 0.501. The molecule has 0 aliphatic carbocycles. The number of hydrogen-bond acceptors (Lipinski definition) is 3. The summed E-state index contributed by atoms with van der Waals surface area (Å²) in [6, 6.07) is 21.1. The van der Waals surface area contributed by atoms with Crippen LogP contribution in [0, 0.1) is 5.41 Å². The minimum Gasteiger partial charge on any atom is -0.497 e. The molecule has 0 saturated carbocycles. The lowest BCUT2D eigenvalue weighted by Crippen LogP contribution is -2.27. The lowest BCUT2D eigenvalue weighted by Gasteiger charge is -2.26. The Kier molecular flexibility index (Phi) is 6.02. The molecule has 3 rings (SSSR count). The van der Waals surface area contributed by atoms with E-state index in [9.17, 15) is 14.7 Å². The number of hydrogen-bond donors (Lipinski definition) is 1. The summed E-state index contributed by atoms with van der Waals surface area (Å²) >= 11 is 0. The van der Waals surface area contributed by atoms with Crippen LogP contribution in [0.1, 0.15) is 48.5 Å². The van der Waals surface area contributed by atoms with Crippen molar-refractivity contribution in [1.29, 1.82) is 0 Å². The smallest absolute Gasteiger partial charge is 0.309 e. The fourth-order valence-electron chi connectivity index (χ4n) is 3.60. The minimum atomic E-state index is -0.916. The normalized spacial score (nSPS) is 12.5. The molecule has 1 N–H and O–H groups in total. The molecule has 4 nitrogen and oxygen atoms in total. The highest BCUT2D eigenvalue weighted by molar-refractivity contribution is 6.00. The number of rotatable bonds is 8. The third-order valence-electron chi connectivity index (χ3n) is 5.41. The highest BCUT2D eigenvalue weighted by atomic mass is 16.5. The van der Waals surface area contributed by atoms with Crippen molar-refractivity contribution in [3.05, 3.63) is 77.9 Å². The summed E-state index contributed by atoms with van der Waals surface area (Å²) in [4.78, 5) is 24.7. The average molecular weight is 390 g/mol. The van der Waals surface area contributed by atoms with Crippen LogP contribution < -0.4 is 4.74 Å². The molecule has 3 aromatic carbocycles. The van der Waals surface area contributed by atoms with E-state index >= 15 is 0 Å². The van der Waals surface area contributed by atoms with Crippen LogP contribution >= 0.6 is 0 Å². The predicted octanol–water partition coefficient (Wildman–Crippen LogP) is 5.71. The number of ether oxygens (including phenoxy) is 1. The van der Waals surface area contributed by atoms with E-state index in [0.29, 0.717) is 12.0 Å². The number of ketones is 1. The van der Waals surface area contributed by atoms with Crippen molar-refractivity contribution in [3.63, 3.8) is 0 Å². The first-order valence-electron chi connectivity index (χ1n) is 9.69. The molecule has 29 heavy (non-hydrogen) atoms. The molecule has 1 unspecified atom stereocenters. The van der Waals surface area contributed by atoms with E-state index in [2.05, 4.69) is 0 Å². The van der Waals surface area contributed by atoms with Crippen molar-refractivity contribution in [2.24, 2.45) is 5.41 Å². The number of carboxylic acids is 1. The van der Waals surface area contributed by atoms with Crippen molar-refractivity contribution in [2.45, 2.75) is 32.6 Å². The van der Waals surface area contributed by atoms with Gasteiger partial charge in [-0.2, -0.15) is 0 Å². The monoisotopic (exact) mass is 390 g/mol. The average Bonchev–Trinajstić information content (AvgIpc) is 2.72. The van der Waals surface area contributed by atoms with E-state index in [1.54, 1.807) is 21.0 Å². The second-order valence-corrected chi connectivity index (χ2v) is 8.06. The molecule has 0 radical (unpaired) electrons. The van der Waals surface area contributed by atoms with Crippen molar-refractivity contribution in [1.82, 2.24) is 0 Å². The van der Waals surface area contributed by atoms with E-state index in [-0.39, 0.29) is 18.1 Å². The molecule has 0 heterocycles. The van der Waals surface area contributed by atoms with Gasteiger partial charge in [0.15, 0.2) is 5.78 Å². The molecule has 1 atom stereocenters. The van der Waals surface area contributed by atoms with Gasteiger partial charge in [0, 0.05) is 12.0 Å². The number of carbonyl (C=O) groups excluding carboxylic acids is 1. The summed E-state index contributed by atoms with van der Waals surface area (Å²) in [7, 11) is 1.63. The highest BCUT2D eigenvalue weighted by Gasteiger charge is 2.32. The Morgan fingerprint density at radius 2 is 1.62 bits per heavy atom. The van der Waals surface area contributed by atoms with Gasteiger partial charge in [-0.25, -0.2) is 0 Å². The fourth-order valence-corrected chi connectivity index (χ4v) is 3.60. The molecule has 0 spiro atoms. The van der Waals surface area contributed by atoms with E-state index in [4.69, 9.17) is 4.74 Å². The van der Waals surface area contributed by atoms with Crippen LogP contribution in [0.2, 0.25) is 0 Å². The Hall–Kier alpha value is -3.14. The van der Waals surface area contributed by atoms with Crippen LogP contribution in [0.15, 0.2) is 66.7 Å². The van der Waals surface area contributed by atoms with Crippen LogP contribution in [-0.2, 0) is 4.79 Å². The van der Waals surface area contributed by atoms with E-state index in [1.165, 1.54) is 0 Å². The zero-order valence-electron chi connectivity index (χ0n) is 17.0. The van der Waals surface area contributed by atoms with E-state index < -0.39 is 11.4 Å². The van der Waals surface area contributed by atoms with Gasteiger partial charge in [-0.05, 0) is 60.7 Å². The van der Waals surface area contributed by atoms with Crippen molar-refractivity contribution < 1.29 is 19.4 Å². The van der Waals surface area contributed by atoms with Gasteiger partial charge in [-0.15, -0.1) is 0 Å². The van der Waals surface area contributed by atoms with Crippen LogP contribution in [0.5, 0.6) is 5.75 Å². The summed E-state index contributed by atoms with van der Waals surface area (Å²) in [6.07, 6.45) is 0.658. The lowest BCUT2D eigenvalue weighted by molar-refractivity contribution is -0.147. The van der Waals surface area contributed by atoms with Gasteiger partial charge in [-0.1, -0.05) is 48.5 Å². The molecule has 4 heteroatoms. The van der Waals surface area contributed by atoms with Crippen LogP contribution in [0.25, 0.3) is 10.8 Å². The molecule has 0 aromatic heterocycles. The van der Waals surface area contributed by atoms with Crippen LogP contribution in [0.3, 0.4) is 0 Å². The minimum absolute atomic E-state index is 0.0118. The number of aliphatic carboxylic acids is 1. The predicted molar refractivity (Wildman–Crippen MR) is 115 cm³/mol. The molecule has 0 aliphatic rings. The lowest BCUT2D eigenvalue weighted by atomic mass is 9.77. The van der Waals surface area contributed by atoms with E-state index in [0.717, 1.165) is 22.1 Å². The zero-order valence-corrected chi connectivity index (χ0v) is 17.0. The van der Waals surface area contributed by atoms with Crippen LogP contribution in [0.4, 0.5) is 0 Å². The largest absolute Gasteiger partial charge is 0.497 e. The van der Waals surface area contributed by atoms with Crippen molar-refractivity contribution in [2.75, 3.05) is 7.11 Å². The van der Waals surface area contributed by atoms with Gasteiger partial charge in [0.25, 0.3) is 0 Å². The number of Topliss-reactive ketones (excluding diaryl/α,β-unsaturated/α-hetero) is 1. The maximum atomic E-state index is 13.1.